The van der Waals surface area contributed by atoms with Gasteiger partial charge in [0, 0.05) is 51.2 Å². The zero-order chi connectivity index (χ0) is 19.8. The SMILES string of the molecule is O=C(NCCCN1CCN(c2ncccn2)CC1)Nc1ccccc1[N+](=O)[O-]. The second kappa shape index (κ2) is 9.60. The quantitative estimate of drug-likeness (QED) is 0.423. The van der Waals surface area contributed by atoms with Gasteiger partial charge in [-0.05, 0) is 25.1 Å². The van der Waals surface area contributed by atoms with Gasteiger partial charge in [-0.25, -0.2) is 14.8 Å². The maximum Gasteiger partial charge on any atom is 0.319 e. The third-order valence-electron chi connectivity index (χ3n) is 4.49. The van der Waals surface area contributed by atoms with E-state index in [1.165, 1.54) is 12.1 Å². The van der Waals surface area contributed by atoms with Crippen LogP contribution in [-0.2, 0) is 0 Å². The van der Waals surface area contributed by atoms with E-state index in [-0.39, 0.29) is 11.4 Å². The van der Waals surface area contributed by atoms with Crippen LogP contribution in [0.3, 0.4) is 0 Å². The number of hydrogen-bond donors (Lipinski definition) is 2. The molecule has 0 saturated carbocycles. The summed E-state index contributed by atoms with van der Waals surface area (Å²) < 4.78 is 0. The number of nitro groups is 1. The van der Waals surface area contributed by atoms with Crippen LogP contribution < -0.4 is 15.5 Å². The van der Waals surface area contributed by atoms with Gasteiger partial charge in [-0.1, -0.05) is 12.1 Å². The van der Waals surface area contributed by atoms with Gasteiger partial charge in [0.15, 0.2) is 0 Å². The number of aromatic nitrogens is 2. The molecule has 0 spiro atoms. The Morgan fingerprint density at radius 1 is 1.11 bits per heavy atom. The monoisotopic (exact) mass is 385 g/mol. The fourth-order valence-electron chi connectivity index (χ4n) is 3.04. The summed E-state index contributed by atoms with van der Waals surface area (Å²) in [5, 5.41) is 16.2. The number of nitrogens with one attached hydrogen (secondary N) is 2. The number of amides is 2. The van der Waals surface area contributed by atoms with E-state index in [0.717, 1.165) is 45.1 Å². The Bertz CT molecular complexity index is 795. The lowest BCUT2D eigenvalue weighted by Crippen LogP contribution is -2.47. The number of para-hydroxylation sites is 2. The third kappa shape index (κ3) is 5.36. The number of rotatable bonds is 7. The predicted octanol–water partition coefficient (Wildman–Crippen LogP) is 1.72. The summed E-state index contributed by atoms with van der Waals surface area (Å²) in [5.74, 6) is 0.760. The largest absolute Gasteiger partial charge is 0.338 e. The van der Waals surface area contributed by atoms with Crippen LogP contribution in [0.4, 0.5) is 22.1 Å². The first-order chi connectivity index (χ1) is 13.6. The number of benzene rings is 1. The summed E-state index contributed by atoms with van der Waals surface area (Å²) in [6, 6.07) is 7.43. The van der Waals surface area contributed by atoms with Gasteiger partial charge in [0.2, 0.25) is 5.95 Å². The van der Waals surface area contributed by atoms with Gasteiger partial charge in [-0.15, -0.1) is 0 Å². The molecular weight excluding hydrogens is 362 g/mol. The van der Waals surface area contributed by atoms with Crippen LogP contribution in [-0.4, -0.2) is 65.1 Å². The molecule has 2 heterocycles. The first-order valence-electron chi connectivity index (χ1n) is 9.16. The highest BCUT2D eigenvalue weighted by atomic mass is 16.6. The van der Waals surface area contributed by atoms with Crippen LogP contribution in [0.15, 0.2) is 42.7 Å². The maximum absolute atomic E-state index is 12.0. The fraction of sp³-hybridized carbons (Fsp3) is 0.389. The average Bonchev–Trinajstić information content (AvgIpc) is 2.72. The molecule has 28 heavy (non-hydrogen) atoms. The number of nitro benzene ring substituents is 1. The molecule has 1 aliphatic rings. The van der Waals surface area contributed by atoms with Crippen molar-refractivity contribution in [1.29, 1.82) is 0 Å². The number of anilines is 2. The minimum Gasteiger partial charge on any atom is -0.338 e. The van der Waals surface area contributed by atoms with E-state index in [2.05, 4.69) is 30.4 Å². The minimum atomic E-state index is -0.518. The number of piperazine rings is 1. The van der Waals surface area contributed by atoms with Gasteiger partial charge in [-0.2, -0.15) is 0 Å². The lowest BCUT2D eigenvalue weighted by molar-refractivity contribution is -0.383. The van der Waals surface area contributed by atoms with Crippen molar-refractivity contribution in [2.75, 3.05) is 49.5 Å². The second-order valence-electron chi connectivity index (χ2n) is 6.39. The highest BCUT2D eigenvalue weighted by Gasteiger charge is 2.18. The third-order valence-corrected chi connectivity index (χ3v) is 4.49. The van der Waals surface area contributed by atoms with Crippen molar-refractivity contribution in [3.8, 4) is 0 Å². The van der Waals surface area contributed by atoms with Crippen molar-refractivity contribution in [3.63, 3.8) is 0 Å². The molecule has 0 radical (unpaired) electrons. The van der Waals surface area contributed by atoms with Crippen molar-refractivity contribution in [1.82, 2.24) is 20.2 Å². The van der Waals surface area contributed by atoms with E-state index in [4.69, 9.17) is 0 Å². The molecule has 1 aliphatic heterocycles. The molecule has 0 aliphatic carbocycles. The second-order valence-corrected chi connectivity index (χ2v) is 6.39. The Balaban J connectivity index is 1.34. The van der Waals surface area contributed by atoms with Crippen LogP contribution in [0, 0.1) is 10.1 Å². The van der Waals surface area contributed by atoms with Gasteiger partial charge >= 0.3 is 6.03 Å². The van der Waals surface area contributed by atoms with Crippen molar-refractivity contribution in [2.45, 2.75) is 6.42 Å². The van der Waals surface area contributed by atoms with E-state index in [1.54, 1.807) is 30.6 Å². The Morgan fingerprint density at radius 3 is 2.54 bits per heavy atom. The van der Waals surface area contributed by atoms with Crippen LogP contribution in [0.25, 0.3) is 0 Å². The van der Waals surface area contributed by atoms with Gasteiger partial charge in [-0.3, -0.25) is 15.0 Å². The first-order valence-corrected chi connectivity index (χ1v) is 9.16. The summed E-state index contributed by atoms with van der Waals surface area (Å²) >= 11 is 0. The molecule has 0 bridgehead atoms. The molecule has 1 saturated heterocycles. The van der Waals surface area contributed by atoms with Crippen molar-refractivity contribution in [2.24, 2.45) is 0 Å². The number of carbonyl (C=O) groups excluding carboxylic acids is 1. The van der Waals surface area contributed by atoms with E-state index < -0.39 is 11.0 Å². The minimum absolute atomic E-state index is 0.127. The molecular formula is C18H23N7O3. The molecule has 0 atom stereocenters. The van der Waals surface area contributed by atoms with Crippen molar-refractivity contribution >= 4 is 23.4 Å². The van der Waals surface area contributed by atoms with Crippen LogP contribution in [0.1, 0.15) is 6.42 Å². The summed E-state index contributed by atoms with van der Waals surface area (Å²) in [5.41, 5.74) is 0.0576. The zero-order valence-corrected chi connectivity index (χ0v) is 15.5. The van der Waals surface area contributed by atoms with Gasteiger partial charge in [0.25, 0.3) is 5.69 Å². The van der Waals surface area contributed by atoms with Crippen molar-refractivity contribution < 1.29 is 9.72 Å². The van der Waals surface area contributed by atoms with Crippen LogP contribution in [0.5, 0.6) is 0 Å². The standard InChI is InChI=1S/C18H23N7O3/c26-18(22-15-5-1-2-6-16(15)25(27)28)21-9-4-10-23-11-13-24(14-12-23)17-19-7-3-8-20-17/h1-3,5-8H,4,9-14H2,(H2,21,22,26). The number of hydrogen-bond acceptors (Lipinski definition) is 7. The highest BCUT2D eigenvalue weighted by molar-refractivity contribution is 5.91. The Labute approximate surface area is 162 Å². The molecule has 1 fully saturated rings. The molecule has 2 aromatic rings. The normalized spacial score (nSPS) is 14.5. The molecule has 3 rings (SSSR count). The van der Waals surface area contributed by atoms with E-state index in [0.29, 0.717) is 6.54 Å². The molecule has 1 aromatic carbocycles. The molecule has 10 heteroatoms. The van der Waals surface area contributed by atoms with E-state index in [1.807, 2.05) is 0 Å². The number of carbonyl (C=O) groups is 1. The summed E-state index contributed by atoms with van der Waals surface area (Å²) in [7, 11) is 0. The predicted molar refractivity (Wildman–Crippen MR) is 105 cm³/mol. The lowest BCUT2D eigenvalue weighted by Gasteiger charge is -2.34. The Kier molecular flexibility index (Phi) is 6.68. The van der Waals surface area contributed by atoms with Gasteiger partial charge in [0.1, 0.15) is 5.69 Å². The summed E-state index contributed by atoms with van der Waals surface area (Å²) in [6.45, 7) is 4.94. The average molecular weight is 385 g/mol. The molecule has 148 valence electrons. The summed E-state index contributed by atoms with van der Waals surface area (Å²) in [6.07, 6.45) is 4.29. The molecule has 2 amide bonds. The highest BCUT2D eigenvalue weighted by Crippen LogP contribution is 2.22. The van der Waals surface area contributed by atoms with E-state index >= 15 is 0 Å². The molecule has 2 N–H and O–H groups in total. The van der Waals surface area contributed by atoms with Crippen LogP contribution in [0.2, 0.25) is 0 Å². The maximum atomic E-state index is 12.0. The smallest absolute Gasteiger partial charge is 0.319 e. The summed E-state index contributed by atoms with van der Waals surface area (Å²) in [4.78, 5) is 35.5. The zero-order valence-electron chi connectivity index (χ0n) is 15.5. The van der Waals surface area contributed by atoms with Crippen LogP contribution >= 0.6 is 0 Å². The number of urea groups is 1. The Morgan fingerprint density at radius 2 is 1.82 bits per heavy atom. The first kappa shape index (κ1) is 19.5. The van der Waals surface area contributed by atoms with E-state index in [9.17, 15) is 14.9 Å². The van der Waals surface area contributed by atoms with Gasteiger partial charge in [0.05, 0.1) is 4.92 Å². The lowest BCUT2D eigenvalue weighted by atomic mass is 10.2. The number of nitrogens with zero attached hydrogens (tertiary/aromatic N) is 5. The van der Waals surface area contributed by atoms with Crippen molar-refractivity contribution in [3.05, 3.63) is 52.8 Å². The Hall–Kier alpha value is -3.27. The molecule has 1 aromatic heterocycles. The topological polar surface area (TPSA) is 117 Å². The molecule has 0 unspecified atom stereocenters. The molecule has 10 nitrogen and oxygen atoms in total. The fourth-order valence-corrected chi connectivity index (χ4v) is 3.04. The van der Waals surface area contributed by atoms with Gasteiger partial charge < -0.3 is 15.5 Å².